The van der Waals surface area contributed by atoms with E-state index in [-0.39, 0.29) is 17.6 Å². The molecule has 1 atom stereocenters. The fraction of sp³-hybridized carbons (Fsp3) is 0.370. The van der Waals surface area contributed by atoms with Gasteiger partial charge in [0.15, 0.2) is 0 Å². The second-order valence-corrected chi connectivity index (χ2v) is 8.09. The lowest BCUT2D eigenvalue weighted by atomic mass is 9.94. The first kappa shape index (κ1) is 22.8. The quantitative estimate of drug-likeness (QED) is 0.330. The highest BCUT2D eigenvalue weighted by atomic mass is 19.1. The van der Waals surface area contributed by atoms with Crippen LogP contribution in [0.4, 0.5) is 4.39 Å². The van der Waals surface area contributed by atoms with Crippen molar-refractivity contribution in [3.05, 3.63) is 95.6 Å². The number of carbonyl (C=O) groups excluding carboxylic acids is 1. The van der Waals surface area contributed by atoms with Gasteiger partial charge in [0.25, 0.3) is 0 Å². The SMILES string of the molecule is CCCCCN(Cc1cccn1Cc1ccc(F)cc1)C(=O)[C@H](CC)c1ccccc1. The summed E-state index contributed by atoms with van der Waals surface area (Å²) >= 11 is 0. The van der Waals surface area contributed by atoms with Crippen molar-refractivity contribution in [1.29, 1.82) is 0 Å². The molecule has 1 amide bonds. The minimum atomic E-state index is -0.226. The average Bonchev–Trinajstić information content (AvgIpc) is 3.22. The maximum atomic E-state index is 13.6. The Labute approximate surface area is 185 Å². The lowest BCUT2D eigenvalue weighted by Gasteiger charge is -2.28. The molecule has 0 aliphatic rings. The molecule has 0 saturated carbocycles. The number of rotatable bonds is 11. The van der Waals surface area contributed by atoms with Gasteiger partial charge >= 0.3 is 0 Å². The maximum absolute atomic E-state index is 13.6. The molecule has 0 bridgehead atoms. The number of amides is 1. The molecule has 0 aliphatic heterocycles. The first-order chi connectivity index (χ1) is 15.1. The number of carbonyl (C=O) groups is 1. The predicted molar refractivity (Wildman–Crippen MR) is 124 cm³/mol. The van der Waals surface area contributed by atoms with Crippen LogP contribution in [0.15, 0.2) is 72.9 Å². The fourth-order valence-corrected chi connectivity index (χ4v) is 4.01. The number of nitrogens with zero attached hydrogens (tertiary/aromatic N) is 2. The third kappa shape index (κ3) is 6.30. The first-order valence-corrected chi connectivity index (χ1v) is 11.3. The van der Waals surface area contributed by atoms with Crippen LogP contribution in [0.5, 0.6) is 0 Å². The van der Waals surface area contributed by atoms with Crippen molar-refractivity contribution >= 4 is 5.91 Å². The van der Waals surface area contributed by atoms with E-state index in [1.54, 1.807) is 0 Å². The largest absolute Gasteiger partial charge is 0.345 e. The Balaban J connectivity index is 1.79. The van der Waals surface area contributed by atoms with Crippen LogP contribution in [-0.2, 0) is 17.9 Å². The van der Waals surface area contributed by atoms with Gasteiger partial charge in [-0.2, -0.15) is 0 Å². The van der Waals surface area contributed by atoms with Crippen molar-refractivity contribution in [3.63, 3.8) is 0 Å². The van der Waals surface area contributed by atoms with Gasteiger partial charge in [-0.3, -0.25) is 4.79 Å². The van der Waals surface area contributed by atoms with Gasteiger partial charge in [-0.25, -0.2) is 4.39 Å². The molecule has 0 fully saturated rings. The summed E-state index contributed by atoms with van der Waals surface area (Å²) in [5.41, 5.74) is 3.22. The van der Waals surface area contributed by atoms with Gasteiger partial charge in [-0.15, -0.1) is 0 Å². The van der Waals surface area contributed by atoms with Crippen molar-refractivity contribution < 1.29 is 9.18 Å². The smallest absolute Gasteiger partial charge is 0.230 e. The molecule has 4 heteroatoms. The molecule has 3 rings (SSSR count). The molecule has 31 heavy (non-hydrogen) atoms. The van der Waals surface area contributed by atoms with Gasteiger partial charge in [-0.05, 0) is 48.2 Å². The molecule has 0 unspecified atom stereocenters. The van der Waals surface area contributed by atoms with E-state index in [1.807, 2.05) is 59.6 Å². The summed E-state index contributed by atoms with van der Waals surface area (Å²) in [4.78, 5) is 15.6. The van der Waals surface area contributed by atoms with Gasteiger partial charge in [0.1, 0.15) is 5.82 Å². The molecule has 1 aromatic heterocycles. The number of benzene rings is 2. The second kappa shape index (κ2) is 11.5. The van der Waals surface area contributed by atoms with E-state index >= 15 is 0 Å². The van der Waals surface area contributed by atoms with E-state index in [0.717, 1.165) is 49.0 Å². The zero-order valence-electron chi connectivity index (χ0n) is 18.6. The molecular weight excluding hydrogens is 387 g/mol. The minimum absolute atomic E-state index is 0.122. The van der Waals surface area contributed by atoms with Crippen molar-refractivity contribution in [3.8, 4) is 0 Å². The highest BCUT2D eigenvalue weighted by Crippen LogP contribution is 2.24. The molecule has 0 saturated heterocycles. The highest BCUT2D eigenvalue weighted by molar-refractivity contribution is 5.83. The number of unbranched alkanes of at least 4 members (excludes halogenated alkanes) is 2. The highest BCUT2D eigenvalue weighted by Gasteiger charge is 2.25. The minimum Gasteiger partial charge on any atom is -0.345 e. The molecular formula is C27H33FN2O. The number of hydrogen-bond donors (Lipinski definition) is 0. The molecule has 3 nitrogen and oxygen atoms in total. The van der Waals surface area contributed by atoms with E-state index < -0.39 is 0 Å². The summed E-state index contributed by atoms with van der Waals surface area (Å²) in [6.07, 6.45) is 6.05. The van der Waals surface area contributed by atoms with Crippen molar-refractivity contribution in [2.75, 3.05) is 6.54 Å². The van der Waals surface area contributed by atoms with Crippen LogP contribution in [0, 0.1) is 5.82 Å². The Hall–Kier alpha value is -2.88. The Morgan fingerprint density at radius 2 is 1.71 bits per heavy atom. The van der Waals surface area contributed by atoms with E-state index in [0.29, 0.717) is 13.1 Å². The fourth-order valence-electron chi connectivity index (χ4n) is 4.01. The van der Waals surface area contributed by atoms with Crippen molar-refractivity contribution in [2.45, 2.75) is 58.5 Å². The Bertz CT molecular complexity index is 933. The normalized spacial score (nSPS) is 12.0. The summed E-state index contributed by atoms with van der Waals surface area (Å²) in [7, 11) is 0. The summed E-state index contributed by atoms with van der Waals surface area (Å²) in [6, 6.07) is 20.8. The number of hydrogen-bond acceptors (Lipinski definition) is 1. The van der Waals surface area contributed by atoms with Crippen LogP contribution in [-0.4, -0.2) is 21.9 Å². The van der Waals surface area contributed by atoms with Gasteiger partial charge in [-0.1, -0.05) is 69.2 Å². The molecule has 0 N–H and O–H groups in total. The lowest BCUT2D eigenvalue weighted by molar-refractivity contribution is -0.133. The zero-order valence-corrected chi connectivity index (χ0v) is 18.6. The molecule has 0 aliphatic carbocycles. The van der Waals surface area contributed by atoms with Gasteiger partial charge < -0.3 is 9.47 Å². The maximum Gasteiger partial charge on any atom is 0.230 e. The molecule has 0 spiro atoms. The Morgan fingerprint density at radius 3 is 2.39 bits per heavy atom. The monoisotopic (exact) mass is 420 g/mol. The molecule has 1 heterocycles. The van der Waals surface area contributed by atoms with Crippen LogP contribution >= 0.6 is 0 Å². The number of halogens is 1. The van der Waals surface area contributed by atoms with Crippen LogP contribution in [0.1, 0.15) is 62.3 Å². The Morgan fingerprint density at radius 1 is 0.968 bits per heavy atom. The van der Waals surface area contributed by atoms with Gasteiger partial charge in [0.05, 0.1) is 12.5 Å². The predicted octanol–water partition coefficient (Wildman–Crippen LogP) is 6.39. The van der Waals surface area contributed by atoms with Crippen molar-refractivity contribution in [1.82, 2.24) is 9.47 Å². The van der Waals surface area contributed by atoms with Crippen LogP contribution in [0.25, 0.3) is 0 Å². The number of aromatic nitrogens is 1. The summed E-state index contributed by atoms with van der Waals surface area (Å²) < 4.78 is 15.4. The molecule has 2 aromatic carbocycles. The van der Waals surface area contributed by atoms with Crippen molar-refractivity contribution in [2.24, 2.45) is 0 Å². The lowest BCUT2D eigenvalue weighted by Crippen LogP contribution is -2.36. The van der Waals surface area contributed by atoms with Crippen LogP contribution in [0.3, 0.4) is 0 Å². The second-order valence-electron chi connectivity index (χ2n) is 8.09. The zero-order chi connectivity index (χ0) is 22.1. The molecule has 164 valence electrons. The average molecular weight is 421 g/mol. The molecule has 0 radical (unpaired) electrons. The van der Waals surface area contributed by atoms with Crippen LogP contribution in [0.2, 0.25) is 0 Å². The van der Waals surface area contributed by atoms with E-state index in [9.17, 15) is 9.18 Å². The van der Waals surface area contributed by atoms with Crippen LogP contribution < -0.4 is 0 Å². The first-order valence-electron chi connectivity index (χ1n) is 11.3. The third-order valence-corrected chi connectivity index (χ3v) is 5.79. The summed E-state index contributed by atoms with van der Waals surface area (Å²) in [5, 5.41) is 0. The topological polar surface area (TPSA) is 25.2 Å². The summed E-state index contributed by atoms with van der Waals surface area (Å²) in [5.74, 6) is -0.154. The standard InChI is InChI=1S/C27H33FN2O/c1-3-5-9-18-30(27(31)26(4-2)23-11-7-6-8-12-23)21-25-13-10-19-29(25)20-22-14-16-24(28)17-15-22/h6-8,10-17,19,26H,3-5,9,18,20-21H2,1-2H3/t26-/m1/s1. The summed E-state index contributed by atoms with van der Waals surface area (Å²) in [6.45, 7) is 6.27. The van der Waals surface area contributed by atoms with Gasteiger partial charge in [0.2, 0.25) is 5.91 Å². The van der Waals surface area contributed by atoms with Gasteiger partial charge in [0, 0.05) is 25.0 Å². The van der Waals surface area contributed by atoms with E-state index in [1.165, 1.54) is 12.1 Å². The Kier molecular flexibility index (Phi) is 8.45. The van der Waals surface area contributed by atoms with E-state index in [2.05, 4.69) is 24.5 Å². The third-order valence-electron chi connectivity index (χ3n) is 5.79. The van der Waals surface area contributed by atoms with E-state index in [4.69, 9.17) is 0 Å². The molecule has 3 aromatic rings.